The first-order valence-electron chi connectivity index (χ1n) is 3.42. The van der Waals surface area contributed by atoms with Gasteiger partial charge in [-0.3, -0.25) is 4.79 Å². The van der Waals surface area contributed by atoms with Gasteiger partial charge in [-0.1, -0.05) is 0 Å². The van der Waals surface area contributed by atoms with E-state index in [4.69, 9.17) is 20.4 Å². The van der Waals surface area contributed by atoms with Gasteiger partial charge in [0, 0.05) is 0 Å². The van der Waals surface area contributed by atoms with E-state index in [1.807, 2.05) is 0 Å². The maximum absolute atomic E-state index is 10.9. The number of carbonyl (C=O) groups is 1. The van der Waals surface area contributed by atoms with Gasteiger partial charge in [0.2, 0.25) is 0 Å². The lowest BCUT2D eigenvalue weighted by atomic mass is 10.1. The number of rotatable bonds is 2. The van der Waals surface area contributed by atoms with Crippen LogP contribution in [-0.2, 0) is 9.53 Å². The minimum atomic E-state index is -1.63. The Hall–Kier alpha value is -0.530. The summed E-state index contributed by atoms with van der Waals surface area (Å²) in [6.45, 7) is -0.657. The standard InChI is InChI=1S/C6H10O6/c7-1-2(8)5-3(9)4(10)6(11)12-5/h2,4-8,10-11H,1H2/t2?,4-,5+,6?/m1/s1. The highest BCUT2D eigenvalue weighted by molar-refractivity contribution is 5.89. The summed E-state index contributed by atoms with van der Waals surface area (Å²) < 4.78 is 4.48. The molecule has 0 aromatic rings. The quantitative estimate of drug-likeness (QED) is 0.358. The summed E-state index contributed by atoms with van der Waals surface area (Å²) in [7, 11) is 0. The van der Waals surface area contributed by atoms with Crippen LogP contribution in [0.4, 0.5) is 0 Å². The third-order valence-corrected chi connectivity index (χ3v) is 1.66. The summed E-state index contributed by atoms with van der Waals surface area (Å²) in [6.07, 6.45) is -5.97. The lowest BCUT2D eigenvalue weighted by molar-refractivity contribution is -0.150. The van der Waals surface area contributed by atoms with Crippen LogP contribution < -0.4 is 0 Å². The molecule has 1 heterocycles. The van der Waals surface area contributed by atoms with Crippen molar-refractivity contribution in [2.45, 2.75) is 24.6 Å². The molecule has 0 aromatic carbocycles. The number of ketones is 1. The number of ether oxygens (including phenoxy) is 1. The van der Waals surface area contributed by atoms with Crippen molar-refractivity contribution in [1.82, 2.24) is 0 Å². The van der Waals surface area contributed by atoms with Gasteiger partial charge in [-0.2, -0.15) is 0 Å². The first kappa shape index (κ1) is 9.56. The molecule has 6 heteroatoms. The van der Waals surface area contributed by atoms with Crippen LogP contribution in [-0.4, -0.2) is 57.4 Å². The fraction of sp³-hybridized carbons (Fsp3) is 0.833. The van der Waals surface area contributed by atoms with Gasteiger partial charge in [0.05, 0.1) is 6.61 Å². The molecule has 1 fully saturated rings. The van der Waals surface area contributed by atoms with Crippen molar-refractivity contribution in [3.8, 4) is 0 Å². The molecule has 0 amide bonds. The third-order valence-electron chi connectivity index (χ3n) is 1.66. The van der Waals surface area contributed by atoms with Crippen LogP contribution in [0.2, 0.25) is 0 Å². The fourth-order valence-electron chi connectivity index (χ4n) is 0.977. The Kier molecular flexibility index (Phi) is 2.76. The molecule has 1 rings (SSSR count). The van der Waals surface area contributed by atoms with Crippen molar-refractivity contribution in [3.05, 3.63) is 0 Å². The monoisotopic (exact) mass is 178 g/mol. The summed E-state index contributed by atoms with van der Waals surface area (Å²) >= 11 is 0. The van der Waals surface area contributed by atoms with Crippen LogP contribution in [0.15, 0.2) is 0 Å². The summed E-state index contributed by atoms with van der Waals surface area (Å²) in [5, 5.41) is 35.0. The number of hydrogen-bond donors (Lipinski definition) is 4. The molecule has 0 spiro atoms. The minimum absolute atomic E-state index is 0.657. The van der Waals surface area contributed by atoms with Crippen molar-refractivity contribution in [3.63, 3.8) is 0 Å². The normalized spacial score (nSPS) is 38.7. The van der Waals surface area contributed by atoms with E-state index < -0.39 is 37.0 Å². The van der Waals surface area contributed by atoms with E-state index in [1.165, 1.54) is 0 Å². The smallest absolute Gasteiger partial charge is 0.197 e. The zero-order valence-corrected chi connectivity index (χ0v) is 6.12. The van der Waals surface area contributed by atoms with Gasteiger partial charge in [-0.15, -0.1) is 0 Å². The lowest BCUT2D eigenvalue weighted by Crippen LogP contribution is -2.36. The molecular formula is C6H10O6. The average Bonchev–Trinajstić information content (AvgIpc) is 2.32. The Morgan fingerprint density at radius 1 is 1.50 bits per heavy atom. The van der Waals surface area contributed by atoms with E-state index in [-0.39, 0.29) is 0 Å². The molecule has 0 aliphatic carbocycles. The van der Waals surface area contributed by atoms with Crippen LogP contribution in [0, 0.1) is 0 Å². The summed E-state index contributed by atoms with van der Waals surface area (Å²) in [4.78, 5) is 10.9. The molecule has 12 heavy (non-hydrogen) atoms. The van der Waals surface area contributed by atoms with Crippen LogP contribution >= 0.6 is 0 Å². The predicted octanol–water partition coefficient (Wildman–Crippen LogP) is -3.01. The maximum atomic E-state index is 10.9. The summed E-state index contributed by atoms with van der Waals surface area (Å²) in [6, 6.07) is 0. The lowest BCUT2D eigenvalue weighted by Gasteiger charge is -2.12. The van der Waals surface area contributed by atoms with Crippen molar-refractivity contribution < 1.29 is 30.0 Å². The Balaban J connectivity index is 2.64. The minimum Gasteiger partial charge on any atom is -0.394 e. The number of carbonyl (C=O) groups excluding carboxylic acids is 1. The summed E-state index contributed by atoms with van der Waals surface area (Å²) in [5.74, 6) is -0.816. The van der Waals surface area contributed by atoms with E-state index >= 15 is 0 Å². The first-order chi connectivity index (χ1) is 5.57. The highest BCUT2D eigenvalue weighted by atomic mass is 16.6. The Labute approximate surface area is 68.0 Å². The molecule has 4 atom stereocenters. The topological polar surface area (TPSA) is 107 Å². The largest absolute Gasteiger partial charge is 0.394 e. The fourth-order valence-corrected chi connectivity index (χ4v) is 0.977. The van der Waals surface area contributed by atoms with Crippen molar-refractivity contribution in [1.29, 1.82) is 0 Å². The average molecular weight is 178 g/mol. The van der Waals surface area contributed by atoms with Crippen LogP contribution in [0.1, 0.15) is 0 Å². The molecule has 0 aromatic heterocycles. The van der Waals surface area contributed by atoms with Gasteiger partial charge in [0.15, 0.2) is 18.2 Å². The third kappa shape index (κ3) is 1.47. The van der Waals surface area contributed by atoms with E-state index in [0.717, 1.165) is 0 Å². The molecule has 0 radical (unpaired) electrons. The van der Waals surface area contributed by atoms with E-state index in [2.05, 4.69) is 4.74 Å². The van der Waals surface area contributed by atoms with Gasteiger partial charge in [-0.05, 0) is 0 Å². The number of aliphatic hydroxyl groups is 4. The number of aliphatic hydroxyl groups excluding tert-OH is 4. The molecule has 1 saturated heterocycles. The van der Waals surface area contributed by atoms with Crippen molar-refractivity contribution >= 4 is 5.78 Å². The molecule has 0 saturated carbocycles. The molecule has 70 valence electrons. The SMILES string of the molecule is O=C1[C@@H](O)C(O)O[C@H]1C(O)CO. The first-order valence-corrected chi connectivity index (χ1v) is 3.42. The second-order valence-corrected chi connectivity index (χ2v) is 2.54. The maximum Gasteiger partial charge on any atom is 0.197 e. The highest BCUT2D eigenvalue weighted by Gasteiger charge is 2.44. The second kappa shape index (κ2) is 3.46. The molecule has 1 aliphatic rings. The van der Waals surface area contributed by atoms with Crippen molar-refractivity contribution in [2.24, 2.45) is 0 Å². The van der Waals surface area contributed by atoms with Crippen LogP contribution in [0.5, 0.6) is 0 Å². The second-order valence-electron chi connectivity index (χ2n) is 2.54. The van der Waals surface area contributed by atoms with Crippen LogP contribution in [0.25, 0.3) is 0 Å². The molecule has 2 unspecified atom stereocenters. The highest BCUT2D eigenvalue weighted by Crippen LogP contribution is 2.17. The zero-order valence-electron chi connectivity index (χ0n) is 6.12. The number of hydrogen-bond acceptors (Lipinski definition) is 6. The molecular weight excluding hydrogens is 168 g/mol. The zero-order chi connectivity index (χ0) is 9.30. The Morgan fingerprint density at radius 3 is 2.42 bits per heavy atom. The molecule has 6 nitrogen and oxygen atoms in total. The van der Waals surface area contributed by atoms with Gasteiger partial charge >= 0.3 is 0 Å². The molecule has 4 N–H and O–H groups in total. The Bertz CT molecular complexity index is 181. The van der Waals surface area contributed by atoms with Gasteiger partial charge in [0.1, 0.15) is 12.2 Å². The van der Waals surface area contributed by atoms with E-state index in [9.17, 15) is 4.79 Å². The van der Waals surface area contributed by atoms with E-state index in [0.29, 0.717) is 0 Å². The molecule has 1 aliphatic heterocycles. The Morgan fingerprint density at radius 2 is 2.08 bits per heavy atom. The molecule has 0 bridgehead atoms. The van der Waals surface area contributed by atoms with Crippen molar-refractivity contribution in [2.75, 3.05) is 6.61 Å². The van der Waals surface area contributed by atoms with Crippen LogP contribution in [0.3, 0.4) is 0 Å². The summed E-state index contributed by atoms with van der Waals surface area (Å²) in [5.41, 5.74) is 0. The van der Waals surface area contributed by atoms with Gasteiger partial charge in [-0.25, -0.2) is 0 Å². The van der Waals surface area contributed by atoms with E-state index in [1.54, 1.807) is 0 Å². The van der Waals surface area contributed by atoms with Gasteiger partial charge < -0.3 is 25.2 Å². The predicted molar refractivity (Wildman–Crippen MR) is 35.0 cm³/mol. The van der Waals surface area contributed by atoms with Gasteiger partial charge in [0.25, 0.3) is 0 Å². The number of Topliss-reactive ketones (excluding diaryl/α,β-unsaturated/α-hetero) is 1.